The van der Waals surface area contributed by atoms with Crippen molar-refractivity contribution in [3.63, 3.8) is 0 Å². The van der Waals surface area contributed by atoms with Crippen LogP contribution in [0.25, 0.3) is 0 Å². The molecule has 0 aliphatic carbocycles. The van der Waals surface area contributed by atoms with Gasteiger partial charge in [-0.25, -0.2) is 4.98 Å². The van der Waals surface area contributed by atoms with Crippen molar-refractivity contribution in [2.45, 2.75) is 6.42 Å². The quantitative estimate of drug-likeness (QED) is 0.645. The number of non-ortho nitro benzene ring substituents is 1. The molecule has 0 fully saturated rings. The van der Waals surface area contributed by atoms with Gasteiger partial charge in [0.2, 0.25) is 0 Å². The molecule has 0 saturated carbocycles. The molecule has 2 rings (SSSR count). The van der Waals surface area contributed by atoms with Crippen LogP contribution in [0.2, 0.25) is 0 Å². The molecule has 0 unspecified atom stereocenters. The summed E-state index contributed by atoms with van der Waals surface area (Å²) < 4.78 is 0. The van der Waals surface area contributed by atoms with E-state index < -0.39 is 4.92 Å². The third-order valence-corrected chi connectivity index (χ3v) is 2.47. The van der Waals surface area contributed by atoms with E-state index in [0.717, 1.165) is 11.1 Å². The van der Waals surface area contributed by atoms with E-state index >= 15 is 0 Å². The zero-order valence-corrected chi connectivity index (χ0v) is 9.04. The molecular formula is C12H11N3O2. The van der Waals surface area contributed by atoms with Crippen LogP contribution in [0.3, 0.4) is 0 Å². The van der Waals surface area contributed by atoms with Gasteiger partial charge in [0, 0.05) is 24.8 Å². The maximum absolute atomic E-state index is 10.5. The minimum atomic E-state index is -0.414. The summed E-state index contributed by atoms with van der Waals surface area (Å²) in [6, 6.07) is 10.1. The van der Waals surface area contributed by atoms with Crippen molar-refractivity contribution in [2.24, 2.45) is 0 Å². The molecule has 1 aromatic heterocycles. The number of nitro groups is 1. The van der Waals surface area contributed by atoms with E-state index in [1.54, 1.807) is 18.3 Å². The molecule has 0 atom stereocenters. The van der Waals surface area contributed by atoms with Gasteiger partial charge in [0.1, 0.15) is 5.82 Å². The van der Waals surface area contributed by atoms with Crippen molar-refractivity contribution in [2.75, 3.05) is 5.73 Å². The van der Waals surface area contributed by atoms with Gasteiger partial charge in [-0.15, -0.1) is 0 Å². The Labute approximate surface area is 98.1 Å². The Bertz CT molecular complexity index is 538. The number of nitrogens with two attached hydrogens (primary N) is 1. The average molecular weight is 229 g/mol. The molecule has 2 aromatic rings. The Morgan fingerprint density at radius 3 is 2.53 bits per heavy atom. The van der Waals surface area contributed by atoms with E-state index in [-0.39, 0.29) is 5.69 Å². The molecular weight excluding hydrogens is 218 g/mol. The molecule has 1 aromatic carbocycles. The molecule has 0 spiro atoms. The Morgan fingerprint density at radius 2 is 1.94 bits per heavy atom. The van der Waals surface area contributed by atoms with Gasteiger partial charge < -0.3 is 5.73 Å². The van der Waals surface area contributed by atoms with Crippen molar-refractivity contribution < 1.29 is 4.92 Å². The molecule has 86 valence electrons. The normalized spacial score (nSPS) is 10.1. The third kappa shape index (κ3) is 2.57. The smallest absolute Gasteiger partial charge is 0.269 e. The van der Waals surface area contributed by atoms with Crippen molar-refractivity contribution in [1.82, 2.24) is 4.98 Å². The third-order valence-electron chi connectivity index (χ3n) is 2.47. The first-order valence-corrected chi connectivity index (χ1v) is 5.09. The number of rotatable bonds is 3. The lowest BCUT2D eigenvalue weighted by Gasteiger charge is -2.04. The number of anilines is 1. The van der Waals surface area contributed by atoms with Crippen LogP contribution < -0.4 is 5.73 Å². The summed E-state index contributed by atoms with van der Waals surface area (Å²) >= 11 is 0. The van der Waals surface area contributed by atoms with E-state index in [0.29, 0.717) is 12.2 Å². The summed E-state index contributed by atoms with van der Waals surface area (Å²) in [5.74, 6) is 0.492. The largest absolute Gasteiger partial charge is 0.383 e. The van der Waals surface area contributed by atoms with E-state index in [4.69, 9.17) is 5.73 Å². The number of nitro benzene ring substituents is 1. The molecule has 0 saturated heterocycles. The predicted molar refractivity (Wildman–Crippen MR) is 64.6 cm³/mol. The van der Waals surface area contributed by atoms with Gasteiger partial charge in [-0.1, -0.05) is 18.2 Å². The average Bonchev–Trinajstić information content (AvgIpc) is 2.33. The van der Waals surface area contributed by atoms with Crippen molar-refractivity contribution >= 4 is 11.5 Å². The maximum atomic E-state index is 10.5. The fraction of sp³-hybridized carbons (Fsp3) is 0.0833. The highest BCUT2D eigenvalue weighted by Gasteiger charge is 2.05. The van der Waals surface area contributed by atoms with E-state index in [9.17, 15) is 10.1 Å². The Morgan fingerprint density at radius 1 is 1.24 bits per heavy atom. The fourth-order valence-corrected chi connectivity index (χ4v) is 1.56. The number of hydrogen-bond acceptors (Lipinski definition) is 4. The van der Waals surface area contributed by atoms with Crippen LogP contribution in [0.1, 0.15) is 11.1 Å². The predicted octanol–water partition coefficient (Wildman–Crippen LogP) is 2.16. The van der Waals surface area contributed by atoms with Crippen LogP contribution in [0.15, 0.2) is 42.6 Å². The van der Waals surface area contributed by atoms with Gasteiger partial charge >= 0.3 is 0 Å². The SMILES string of the molecule is Nc1ncccc1Cc1ccc([N+](=O)[O-])cc1. The van der Waals surface area contributed by atoms with Gasteiger partial charge in [-0.3, -0.25) is 10.1 Å². The van der Waals surface area contributed by atoms with Crippen LogP contribution in [-0.2, 0) is 6.42 Å². The molecule has 0 amide bonds. The fourth-order valence-electron chi connectivity index (χ4n) is 1.56. The number of pyridine rings is 1. The summed E-state index contributed by atoms with van der Waals surface area (Å²) in [6.07, 6.45) is 2.26. The number of benzene rings is 1. The lowest BCUT2D eigenvalue weighted by Crippen LogP contribution is -1.98. The van der Waals surface area contributed by atoms with E-state index in [2.05, 4.69) is 4.98 Å². The van der Waals surface area contributed by atoms with Crippen LogP contribution in [0.4, 0.5) is 11.5 Å². The Kier molecular flexibility index (Phi) is 3.00. The monoisotopic (exact) mass is 229 g/mol. The molecule has 17 heavy (non-hydrogen) atoms. The first-order chi connectivity index (χ1) is 8.16. The summed E-state index contributed by atoms with van der Waals surface area (Å²) in [4.78, 5) is 14.1. The highest BCUT2D eigenvalue weighted by Crippen LogP contribution is 2.17. The second-order valence-electron chi connectivity index (χ2n) is 3.65. The van der Waals surface area contributed by atoms with E-state index in [1.165, 1.54) is 12.1 Å². The molecule has 0 bridgehead atoms. The van der Waals surface area contributed by atoms with Crippen LogP contribution in [0.5, 0.6) is 0 Å². The number of nitrogens with zero attached hydrogens (tertiary/aromatic N) is 2. The van der Waals surface area contributed by atoms with Crippen molar-refractivity contribution in [1.29, 1.82) is 0 Å². The maximum Gasteiger partial charge on any atom is 0.269 e. The summed E-state index contributed by atoms with van der Waals surface area (Å²) in [5.41, 5.74) is 7.70. The minimum Gasteiger partial charge on any atom is -0.383 e. The van der Waals surface area contributed by atoms with Crippen LogP contribution >= 0.6 is 0 Å². The summed E-state index contributed by atoms with van der Waals surface area (Å²) in [7, 11) is 0. The summed E-state index contributed by atoms with van der Waals surface area (Å²) in [5, 5.41) is 10.5. The Balaban J connectivity index is 2.20. The van der Waals surface area contributed by atoms with Crippen molar-refractivity contribution in [3.05, 3.63) is 63.8 Å². The van der Waals surface area contributed by atoms with Gasteiger partial charge in [-0.2, -0.15) is 0 Å². The van der Waals surface area contributed by atoms with Crippen molar-refractivity contribution in [3.8, 4) is 0 Å². The van der Waals surface area contributed by atoms with Gasteiger partial charge in [0.15, 0.2) is 0 Å². The minimum absolute atomic E-state index is 0.0907. The molecule has 0 radical (unpaired) electrons. The first-order valence-electron chi connectivity index (χ1n) is 5.09. The topological polar surface area (TPSA) is 82.0 Å². The standard InChI is InChI=1S/C12H11N3O2/c13-12-10(2-1-7-14-12)8-9-3-5-11(6-4-9)15(16)17/h1-7H,8H2,(H2,13,14). The number of aromatic nitrogens is 1. The zero-order chi connectivity index (χ0) is 12.3. The number of hydrogen-bond donors (Lipinski definition) is 1. The second kappa shape index (κ2) is 4.61. The molecule has 1 heterocycles. The molecule has 5 nitrogen and oxygen atoms in total. The highest BCUT2D eigenvalue weighted by atomic mass is 16.6. The molecule has 0 aliphatic rings. The molecule has 0 aliphatic heterocycles. The Hall–Kier alpha value is -2.43. The van der Waals surface area contributed by atoms with Crippen LogP contribution in [-0.4, -0.2) is 9.91 Å². The van der Waals surface area contributed by atoms with Crippen LogP contribution in [0, 0.1) is 10.1 Å². The molecule has 2 N–H and O–H groups in total. The first kappa shape index (κ1) is 11.1. The zero-order valence-electron chi connectivity index (χ0n) is 9.04. The lowest BCUT2D eigenvalue weighted by atomic mass is 10.1. The number of nitrogen functional groups attached to an aromatic ring is 1. The summed E-state index contributed by atoms with van der Waals surface area (Å²) in [6.45, 7) is 0. The van der Waals surface area contributed by atoms with E-state index in [1.807, 2.05) is 12.1 Å². The lowest BCUT2D eigenvalue weighted by molar-refractivity contribution is -0.384. The highest BCUT2D eigenvalue weighted by molar-refractivity contribution is 5.43. The van der Waals surface area contributed by atoms with Gasteiger partial charge in [0.25, 0.3) is 5.69 Å². The van der Waals surface area contributed by atoms with Gasteiger partial charge in [-0.05, 0) is 17.2 Å². The van der Waals surface area contributed by atoms with Gasteiger partial charge in [0.05, 0.1) is 4.92 Å². The molecule has 5 heteroatoms. The second-order valence-corrected chi connectivity index (χ2v) is 3.65.